The van der Waals surface area contributed by atoms with Crippen LogP contribution in [0.2, 0.25) is 0 Å². The molecule has 0 bridgehead atoms. The first-order valence-electron chi connectivity index (χ1n) is 5.40. The van der Waals surface area contributed by atoms with Crippen LogP contribution in [-0.2, 0) is 11.3 Å². The number of thioether (sulfide) groups is 1. The Kier molecular flexibility index (Phi) is 5.23. The third-order valence-corrected chi connectivity index (χ3v) is 3.28. The molecule has 1 atom stereocenters. The molecule has 1 heterocycles. The van der Waals surface area contributed by atoms with Gasteiger partial charge in [-0.05, 0) is 13.5 Å². The highest BCUT2D eigenvalue weighted by Crippen LogP contribution is 2.14. The van der Waals surface area contributed by atoms with E-state index < -0.39 is 11.9 Å². The summed E-state index contributed by atoms with van der Waals surface area (Å²) in [5.41, 5.74) is 5.01. The summed E-state index contributed by atoms with van der Waals surface area (Å²) >= 11 is 1.33. The fraction of sp³-hybridized carbons (Fsp3) is 0.667. The number of likely N-dealkylation sites (N-methyl/N-ethyl adjacent to an activating group) is 1. The number of nitrogens with one attached hydrogen (secondary N) is 2. The Morgan fingerprint density at radius 2 is 2.35 bits per heavy atom. The molecule has 96 valence electrons. The summed E-state index contributed by atoms with van der Waals surface area (Å²) < 4.78 is 1.51. The molecule has 0 radical (unpaired) electrons. The van der Waals surface area contributed by atoms with E-state index in [-0.39, 0.29) is 5.69 Å². The second-order valence-corrected chi connectivity index (χ2v) is 4.37. The molecule has 1 aromatic rings. The first kappa shape index (κ1) is 13.8. The summed E-state index contributed by atoms with van der Waals surface area (Å²) in [6, 6.07) is -0.415. The number of aromatic nitrogens is 3. The molecule has 4 N–H and O–H groups in total. The Balaban J connectivity index is 2.65. The molecule has 1 aromatic heterocycles. The lowest BCUT2D eigenvalue weighted by Gasteiger charge is -2.12. The lowest BCUT2D eigenvalue weighted by molar-refractivity contribution is -0.119. The van der Waals surface area contributed by atoms with E-state index in [2.05, 4.69) is 15.5 Å². The van der Waals surface area contributed by atoms with Gasteiger partial charge in [0.1, 0.15) is 0 Å². The van der Waals surface area contributed by atoms with Crippen LogP contribution >= 0.6 is 11.8 Å². The number of carbonyl (C=O) groups is 1. The maximum absolute atomic E-state index is 11.3. The Morgan fingerprint density at radius 3 is 2.88 bits per heavy atom. The number of carbonyl (C=O) groups excluding carboxylic acids is 1. The molecule has 0 spiro atoms. The summed E-state index contributed by atoms with van der Waals surface area (Å²) in [7, 11) is 0. The molecule has 0 fully saturated rings. The number of hydrogen-bond donors (Lipinski definition) is 3. The molecule has 0 aliphatic carbocycles. The monoisotopic (exact) mass is 259 g/mol. The van der Waals surface area contributed by atoms with E-state index in [1.54, 1.807) is 0 Å². The van der Waals surface area contributed by atoms with Crippen LogP contribution in [0.5, 0.6) is 0 Å². The van der Waals surface area contributed by atoms with Gasteiger partial charge in [-0.2, -0.15) is 0 Å². The maximum Gasteiger partial charge on any atom is 0.343 e. The molecule has 0 saturated heterocycles. The Morgan fingerprint density at radius 1 is 1.65 bits per heavy atom. The third kappa shape index (κ3) is 3.60. The van der Waals surface area contributed by atoms with Gasteiger partial charge >= 0.3 is 5.69 Å². The van der Waals surface area contributed by atoms with Crippen molar-refractivity contribution in [3.8, 4) is 0 Å². The highest BCUT2D eigenvalue weighted by Gasteiger charge is 2.16. The van der Waals surface area contributed by atoms with E-state index >= 15 is 0 Å². The minimum Gasteiger partial charge on any atom is -0.368 e. The number of hydrogen-bond acceptors (Lipinski definition) is 5. The zero-order valence-corrected chi connectivity index (χ0v) is 10.7. The van der Waals surface area contributed by atoms with Gasteiger partial charge in [-0.15, -0.1) is 5.10 Å². The molecule has 0 saturated carbocycles. The predicted molar refractivity (Wildman–Crippen MR) is 65.9 cm³/mol. The van der Waals surface area contributed by atoms with E-state index in [0.717, 1.165) is 0 Å². The second-order valence-electron chi connectivity index (χ2n) is 3.38. The molecule has 17 heavy (non-hydrogen) atoms. The zero-order chi connectivity index (χ0) is 12.8. The van der Waals surface area contributed by atoms with Crippen molar-refractivity contribution in [2.24, 2.45) is 5.73 Å². The van der Waals surface area contributed by atoms with Gasteiger partial charge in [0, 0.05) is 12.3 Å². The van der Waals surface area contributed by atoms with E-state index in [9.17, 15) is 9.59 Å². The smallest absolute Gasteiger partial charge is 0.343 e. The van der Waals surface area contributed by atoms with Crippen molar-refractivity contribution in [1.29, 1.82) is 0 Å². The zero-order valence-electron chi connectivity index (χ0n) is 9.90. The number of amides is 1. The Labute approximate surface area is 103 Å². The minimum atomic E-state index is -0.415. The summed E-state index contributed by atoms with van der Waals surface area (Å²) in [5, 5.41) is 9.81. The average molecular weight is 259 g/mol. The van der Waals surface area contributed by atoms with E-state index in [4.69, 9.17) is 5.73 Å². The van der Waals surface area contributed by atoms with Gasteiger partial charge in [0.25, 0.3) is 0 Å². The largest absolute Gasteiger partial charge is 0.368 e. The third-order valence-electron chi connectivity index (χ3n) is 2.21. The molecule has 0 aliphatic heterocycles. The van der Waals surface area contributed by atoms with E-state index in [0.29, 0.717) is 24.0 Å². The van der Waals surface area contributed by atoms with Gasteiger partial charge in [0.15, 0.2) is 5.16 Å². The van der Waals surface area contributed by atoms with Gasteiger partial charge < -0.3 is 11.1 Å². The molecule has 7 nitrogen and oxygen atoms in total. The van der Waals surface area contributed by atoms with Crippen LogP contribution < -0.4 is 16.7 Å². The van der Waals surface area contributed by atoms with E-state index in [1.807, 2.05) is 13.8 Å². The lowest BCUT2D eigenvalue weighted by atomic mass is 10.3. The van der Waals surface area contributed by atoms with Crippen LogP contribution in [0.1, 0.15) is 13.8 Å². The standard InChI is InChI=1S/C9H17N5O2S/c1-3-11-6(7(10)15)5-17-9-13-12-8(16)14(9)4-2/h6,11H,3-5H2,1-2H3,(H2,10,15)(H,12,16). The van der Waals surface area contributed by atoms with Crippen LogP contribution in [0.3, 0.4) is 0 Å². The number of H-pyrrole nitrogens is 1. The van der Waals surface area contributed by atoms with Crippen molar-refractivity contribution >= 4 is 17.7 Å². The number of nitrogens with two attached hydrogens (primary N) is 1. The van der Waals surface area contributed by atoms with Crippen molar-refractivity contribution in [3.63, 3.8) is 0 Å². The number of primary amides is 1. The Bertz CT molecular complexity index is 427. The minimum absolute atomic E-state index is 0.242. The molecule has 1 rings (SSSR count). The predicted octanol–water partition coefficient (Wildman–Crippen LogP) is -0.853. The highest BCUT2D eigenvalue weighted by atomic mass is 32.2. The average Bonchev–Trinajstić information content (AvgIpc) is 2.64. The maximum atomic E-state index is 11.3. The second kappa shape index (κ2) is 6.45. The topological polar surface area (TPSA) is 106 Å². The highest BCUT2D eigenvalue weighted by molar-refractivity contribution is 7.99. The molecule has 0 aromatic carbocycles. The molecule has 1 unspecified atom stereocenters. The van der Waals surface area contributed by atoms with Crippen LogP contribution in [0, 0.1) is 0 Å². The van der Waals surface area contributed by atoms with Crippen molar-refractivity contribution in [2.75, 3.05) is 12.3 Å². The van der Waals surface area contributed by atoms with Gasteiger partial charge in [-0.3, -0.25) is 9.36 Å². The van der Waals surface area contributed by atoms with Crippen molar-refractivity contribution < 1.29 is 4.79 Å². The molecule has 0 aliphatic rings. The first-order chi connectivity index (χ1) is 8.10. The Hall–Kier alpha value is -1.28. The van der Waals surface area contributed by atoms with Crippen LogP contribution in [0.4, 0.5) is 0 Å². The lowest BCUT2D eigenvalue weighted by Crippen LogP contribution is -2.43. The van der Waals surface area contributed by atoms with Crippen LogP contribution in [0.25, 0.3) is 0 Å². The summed E-state index contributed by atoms with van der Waals surface area (Å²) in [6.45, 7) is 4.96. The SMILES string of the molecule is CCNC(CSc1n[nH]c(=O)n1CC)C(N)=O. The number of nitrogens with zero attached hydrogens (tertiary/aromatic N) is 2. The fourth-order valence-electron chi connectivity index (χ4n) is 1.34. The number of rotatable bonds is 7. The summed E-state index contributed by atoms with van der Waals surface area (Å²) in [5.74, 6) is 0.0493. The van der Waals surface area contributed by atoms with E-state index in [1.165, 1.54) is 16.3 Å². The van der Waals surface area contributed by atoms with Gasteiger partial charge in [-0.1, -0.05) is 18.7 Å². The van der Waals surface area contributed by atoms with Crippen LogP contribution in [0.15, 0.2) is 9.95 Å². The van der Waals surface area contributed by atoms with Gasteiger partial charge in [-0.25, -0.2) is 9.89 Å². The van der Waals surface area contributed by atoms with Gasteiger partial charge in [0.05, 0.1) is 6.04 Å². The molecule has 1 amide bonds. The molecular formula is C9H17N5O2S. The van der Waals surface area contributed by atoms with Crippen molar-refractivity contribution in [2.45, 2.75) is 31.6 Å². The summed E-state index contributed by atoms with van der Waals surface area (Å²) in [4.78, 5) is 22.4. The van der Waals surface area contributed by atoms with Crippen LogP contribution in [-0.4, -0.2) is 39.0 Å². The first-order valence-corrected chi connectivity index (χ1v) is 6.39. The quantitative estimate of drug-likeness (QED) is 0.553. The van der Waals surface area contributed by atoms with Crippen molar-refractivity contribution in [3.05, 3.63) is 10.5 Å². The fourth-order valence-corrected chi connectivity index (χ4v) is 2.41. The molecular weight excluding hydrogens is 242 g/mol. The van der Waals surface area contributed by atoms with Crippen molar-refractivity contribution in [1.82, 2.24) is 20.1 Å². The molecule has 8 heteroatoms. The normalized spacial score (nSPS) is 12.6. The number of aromatic amines is 1. The van der Waals surface area contributed by atoms with Gasteiger partial charge in [0.2, 0.25) is 5.91 Å². The summed E-state index contributed by atoms with van der Waals surface area (Å²) in [6.07, 6.45) is 0.